The predicted molar refractivity (Wildman–Crippen MR) is 88.8 cm³/mol. The number of aromatic nitrogens is 3. The van der Waals surface area contributed by atoms with E-state index in [1.807, 2.05) is 28.5 Å². The maximum absolute atomic E-state index is 13.1. The maximum Gasteiger partial charge on any atom is 0.254 e. The van der Waals surface area contributed by atoms with Crippen LogP contribution in [0.5, 0.6) is 0 Å². The fraction of sp³-hybridized carbons (Fsp3) is 0.500. The number of benzene rings is 1. The van der Waals surface area contributed by atoms with E-state index in [-0.39, 0.29) is 12.0 Å². The number of carbonyl (C=O) groups is 1. The van der Waals surface area contributed by atoms with Crippen LogP contribution < -0.4 is 0 Å². The quantitative estimate of drug-likeness (QED) is 0.865. The van der Waals surface area contributed by atoms with Crippen LogP contribution in [-0.4, -0.2) is 45.3 Å². The monoisotopic (exact) mass is 326 g/mol. The zero-order valence-electron chi connectivity index (χ0n) is 13.9. The summed E-state index contributed by atoms with van der Waals surface area (Å²) in [5, 5.41) is 8.16. The molecule has 0 radical (unpaired) electrons. The third kappa shape index (κ3) is 2.60. The van der Waals surface area contributed by atoms with Crippen LogP contribution in [0.4, 0.5) is 0 Å². The van der Waals surface area contributed by atoms with E-state index in [1.54, 1.807) is 6.33 Å². The minimum Gasteiger partial charge on any atom is -0.366 e. The lowest BCUT2D eigenvalue weighted by molar-refractivity contribution is -0.0284. The summed E-state index contributed by atoms with van der Waals surface area (Å²) < 4.78 is 7.83. The summed E-state index contributed by atoms with van der Waals surface area (Å²) in [4.78, 5) is 15.0. The lowest BCUT2D eigenvalue weighted by Crippen LogP contribution is -2.43. The first-order valence-corrected chi connectivity index (χ1v) is 8.67. The average molecular weight is 326 g/mol. The van der Waals surface area contributed by atoms with Crippen molar-refractivity contribution in [1.29, 1.82) is 0 Å². The van der Waals surface area contributed by atoms with Gasteiger partial charge >= 0.3 is 0 Å². The molecule has 0 bridgehead atoms. The van der Waals surface area contributed by atoms with Gasteiger partial charge in [0.15, 0.2) is 5.82 Å². The molecule has 1 fully saturated rings. The van der Waals surface area contributed by atoms with Crippen LogP contribution in [0.3, 0.4) is 0 Å². The molecular weight excluding hydrogens is 304 g/mol. The van der Waals surface area contributed by atoms with Gasteiger partial charge in [-0.15, -0.1) is 10.2 Å². The molecule has 1 atom stereocenters. The van der Waals surface area contributed by atoms with E-state index in [9.17, 15) is 4.79 Å². The highest BCUT2D eigenvalue weighted by Gasteiger charge is 2.30. The highest BCUT2D eigenvalue weighted by molar-refractivity contribution is 5.96. The first kappa shape index (κ1) is 15.3. The van der Waals surface area contributed by atoms with Gasteiger partial charge in [0.1, 0.15) is 12.4 Å². The van der Waals surface area contributed by atoms with Crippen molar-refractivity contribution in [2.45, 2.75) is 38.8 Å². The van der Waals surface area contributed by atoms with Crippen molar-refractivity contribution in [1.82, 2.24) is 19.7 Å². The minimum atomic E-state index is -0.207. The molecule has 0 spiro atoms. The van der Waals surface area contributed by atoms with E-state index >= 15 is 0 Å². The molecule has 2 aromatic rings. The van der Waals surface area contributed by atoms with Gasteiger partial charge in [-0.3, -0.25) is 4.79 Å². The fourth-order valence-electron chi connectivity index (χ4n) is 3.74. The van der Waals surface area contributed by atoms with E-state index in [4.69, 9.17) is 4.74 Å². The van der Waals surface area contributed by atoms with Crippen molar-refractivity contribution in [2.24, 2.45) is 0 Å². The molecule has 126 valence electrons. The smallest absolute Gasteiger partial charge is 0.254 e. The number of hydrogen-bond donors (Lipinski definition) is 0. The van der Waals surface area contributed by atoms with Gasteiger partial charge in [0.2, 0.25) is 0 Å². The van der Waals surface area contributed by atoms with Crippen LogP contribution in [0.25, 0.3) is 0 Å². The zero-order chi connectivity index (χ0) is 16.5. The molecular formula is C18H22N4O2. The normalized spacial score (nSPS) is 20.2. The average Bonchev–Trinajstić information content (AvgIpc) is 3.29. The summed E-state index contributed by atoms with van der Waals surface area (Å²) in [6, 6.07) is 6.11. The van der Waals surface area contributed by atoms with Crippen molar-refractivity contribution in [2.75, 3.05) is 19.7 Å². The van der Waals surface area contributed by atoms with Gasteiger partial charge < -0.3 is 14.2 Å². The van der Waals surface area contributed by atoms with Gasteiger partial charge in [-0.2, -0.15) is 0 Å². The molecule has 1 aromatic heterocycles. The Balaban J connectivity index is 1.56. The van der Waals surface area contributed by atoms with Crippen LogP contribution in [0.1, 0.15) is 46.8 Å². The standard InChI is InChI=1S/C18H22N4O2/c1-2-21-12-19-20-17(21)16-11-22(9-10-24-16)18(23)15-8-4-6-13-5-3-7-14(13)15/h4,6,8,12,16H,2-3,5,7,9-11H2,1H3/t16-/m1/s1. The second-order valence-corrected chi connectivity index (χ2v) is 6.38. The second kappa shape index (κ2) is 6.36. The summed E-state index contributed by atoms with van der Waals surface area (Å²) in [6.07, 6.45) is 4.74. The number of fused-ring (bicyclic) bond motifs is 1. The number of morpholine rings is 1. The van der Waals surface area contributed by atoms with Gasteiger partial charge in [-0.1, -0.05) is 12.1 Å². The molecule has 0 N–H and O–H groups in total. The molecule has 1 saturated heterocycles. The molecule has 2 aliphatic rings. The number of hydrogen-bond acceptors (Lipinski definition) is 4. The van der Waals surface area contributed by atoms with Gasteiger partial charge in [-0.25, -0.2) is 0 Å². The van der Waals surface area contributed by atoms with Crippen molar-refractivity contribution in [3.63, 3.8) is 0 Å². The Bertz CT molecular complexity index is 755. The minimum absolute atomic E-state index is 0.115. The topological polar surface area (TPSA) is 60.2 Å². The predicted octanol–water partition coefficient (Wildman–Crippen LogP) is 2.00. The largest absolute Gasteiger partial charge is 0.366 e. The van der Waals surface area contributed by atoms with Crippen molar-refractivity contribution < 1.29 is 9.53 Å². The van der Waals surface area contributed by atoms with Crippen molar-refractivity contribution >= 4 is 5.91 Å². The van der Waals surface area contributed by atoms with Crippen LogP contribution in [0.2, 0.25) is 0 Å². The lowest BCUT2D eigenvalue weighted by atomic mass is 10.0. The van der Waals surface area contributed by atoms with E-state index in [2.05, 4.69) is 16.3 Å². The zero-order valence-corrected chi connectivity index (χ0v) is 13.9. The SMILES string of the molecule is CCn1cnnc1[C@H]1CN(C(=O)c2cccc3c2CCC3)CCO1. The van der Waals surface area contributed by atoms with E-state index < -0.39 is 0 Å². The van der Waals surface area contributed by atoms with E-state index in [1.165, 1.54) is 11.1 Å². The van der Waals surface area contributed by atoms with Crippen LogP contribution in [0.15, 0.2) is 24.5 Å². The molecule has 4 rings (SSSR count). The number of amides is 1. The Labute approximate surface area is 141 Å². The highest BCUT2D eigenvalue weighted by atomic mass is 16.5. The molecule has 0 unspecified atom stereocenters. The Morgan fingerprint density at radius 3 is 3.17 bits per heavy atom. The van der Waals surface area contributed by atoms with Crippen molar-refractivity contribution in [3.8, 4) is 0 Å². The van der Waals surface area contributed by atoms with E-state index in [0.717, 1.165) is 37.2 Å². The highest BCUT2D eigenvalue weighted by Crippen LogP contribution is 2.28. The summed E-state index contributed by atoms with van der Waals surface area (Å²) in [7, 11) is 0. The van der Waals surface area contributed by atoms with E-state index in [0.29, 0.717) is 19.7 Å². The first-order chi connectivity index (χ1) is 11.8. The number of rotatable bonds is 3. The number of carbonyl (C=O) groups excluding carboxylic acids is 1. The lowest BCUT2D eigenvalue weighted by Gasteiger charge is -2.33. The molecule has 6 nitrogen and oxygen atoms in total. The Morgan fingerprint density at radius 2 is 2.29 bits per heavy atom. The fourth-order valence-corrected chi connectivity index (χ4v) is 3.74. The number of aryl methyl sites for hydroxylation is 2. The first-order valence-electron chi connectivity index (χ1n) is 8.67. The Hall–Kier alpha value is -2.21. The molecule has 1 amide bonds. The van der Waals surface area contributed by atoms with Crippen LogP contribution in [-0.2, 0) is 24.1 Å². The summed E-state index contributed by atoms with van der Waals surface area (Å²) in [5.74, 6) is 0.915. The summed E-state index contributed by atoms with van der Waals surface area (Å²) in [5.41, 5.74) is 3.43. The summed E-state index contributed by atoms with van der Waals surface area (Å²) in [6.45, 7) is 4.52. The third-order valence-corrected chi connectivity index (χ3v) is 5.00. The molecule has 1 aliphatic heterocycles. The van der Waals surface area contributed by atoms with Crippen LogP contribution >= 0.6 is 0 Å². The molecule has 2 heterocycles. The maximum atomic E-state index is 13.1. The Kier molecular flexibility index (Phi) is 4.06. The summed E-state index contributed by atoms with van der Waals surface area (Å²) >= 11 is 0. The van der Waals surface area contributed by atoms with Crippen LogP contribution in [0, 0.1) is 0 Å². The second-order valence-electron chi connectivity index (χ2n) is 6.38. The van der Waals surface area contributed by atoms with Gasteiger partial charge in [0.05, 0.1) is 13.2 Å². The number of ether oxygens (including phenoxy) is 1. The molecule has 1 aromatic carbocycles. The number of nitrogens with zero attached hydrogens (tertiary/aromatic N) is 4. The molecule has 24 heavy (non-hydrogen) atoms. The van der Waals surface area contributed by atoms with Crippen molar-refractivity contribution in [3.05, 3.63) is 47.0 Å². The molecule has 1 aliphatic carbocycles. The third-order valence-electron chi connectivity index (χ3n) is 5.00. The van der Waals surface area contributed by atoms with Gasteiger partial charge in [0.25, 0.3) is 5.91 Å². The molecule has 6 heteroatoms. The van der Waals surface area contributed by atoms with Gasteiger partial charge in [-0.05, 0) is 43.4 Å². The Morgan fingerprint density at radius 1 is 1.38 bits per heavy atom. The van der Waals surface area contributed by atoms with Gasteiger partial charge in [0, 0.05) is 18.7 Å². The molecule has 0 saturated carbocycles.